The number of methoxy groups -OCH3 is 1. The van der Waals surface area contributed by atoms with Gasteiger partial charge in [-0.25, -0.2) is 4.79 Å². The number of carboxylic acid groups (broad SMARTS) is 1. The fourth-order valence-corrected chi connectivity index (χ4v) is 1.05. The zero-order chi connectivity index (χ0) is 10.6. The number of esters is 1. The van der Waals surface area contributed by atoms with Crippen LogP contribution in [0, 0.1) is 0 Å². The Balaban J connectivity index is 2.83. The van der Waals surface area contributed by atoms with Crippen LogP contribution < -0.4 is 0 Å². The van der Waals surface area contributed by atoms with Gasteiger partial charge in [-0.1, -0.05) is 12.1 Å². The molecule has 1 rings (SSSR count). The molecule has 0 aromatic heterocycles. The summed E-state index contributed by atoms with van der Waals surface area (Å²) in [6.45, 7) is 0. The molecule has 74 valence electrons. The maximum absolute atomic E-state index is 10.9. The lowest BCUT2D eigenvalue weighted by molar-refractivity contribution is -0.139. The molecule has 0 saturated heterocycles. The molecule has 14 heavy (non-hydrogen) atoms. The van der Waals surface area contributed by atoms with Crippen LogP contribution >= 0.6 is 0 Å². The van der Waals surface area contributed by atoms with E-state index in [-0.39, 0.29) is 18.0 Å². The molecule has 0 unspecified atom stereocenters. The van der Waals surface area contributed by atoms with E-state index < -0.39 is 5.97 Å². The summed E-state index contributed by atoms with van der Waals surface area (Å²) in [5.41, 5.74) is 0.808. The third-order valence-corrected chi connectivity index (χ3v) is 1.75. The van der Waals surface area contributed by atoms with Gasteiger partial charge >= 0.3 is 11.9 Å². The molecule has 0 fully saturated rings. The minimum absolute atomic E-state index is 0.0949. The van der Waals surface area contributed by atoms with E-state index in [9.17, 15) is 9.59 Å². The molecule has 4 nitrogen and oxygen atoms in total. The minimum Gasteiger partial charge on any atom is -0.478 e. The number of carboxylic acids is 1. The van der Waals surface area contributed by atoms with E-state index in [2.05, 4.69) is 4.74 Å². The van der Waals surface area contributed by atoms with E-state index in [1.165, 1.54) is 19.2 Å². The monoisotopic (exact) mass is 194 g/mol. The largest absolute Gasteiger partial charge is 0.478 e. The normalized spacial score (nSPS) is 9.50. The third kappa shape index (κ3) is 2.58. The molecule has 1 N–H and O–H groups in total. The quantitative estimate of drug-likeness (QED) is 0.732. The lowest BCUT2D eigenvalue weighted by atomic mass is 10.1. The molecular weight excluding hydrogens is 184 g/mol. The van der Waals surface area contributed by atoms with E-state index in [1.807, 2.05) is 0 Å². The van der Waals surface area contributed by atoms with Gasteiger partial charge in [0.15, 0.2) is 0 Å². The van der Waals surface area contributed by atoms with Crippen LogP contribution in [-0.4, -0.2) is 24.2 Å². The van der Waals surface area contributed by atoms with Gasteiger partial charge in [-0.2, -0.15) is 0 Å². The van der Waals surface area contributed by atoms with Crippen LogP contribution in [-0.2, 0) is 16.0 Å². The van der Waals surface area contributed by atoms with Crippen LogP contribution in [0.1, 0.15) is 15.9 Å². The molecule has 0 saturated carbocycles. The van der Waals surface area contributed by atoms with Gasteiger partial charge in [-0.15, -0.1) is 0 Å². The first-order valence-electron chi connectivity index (χ1n) is 4.02. The second-order valence-corrected chi connectivity index (χ2v) is 2.76. The summed E-state index contributed by atoms with van der Waals surface area (Å²) in [4.78, 5) is 21.5. The maximum Gasteiger partial charge on any atom is 0.335 e. The number of hydrogen-bond donors (Lipinski definition) is 1. The highest BCUT2D eigenvalue weighted by atomic mass is 16.5. The maximum atomic E-state index is 10.9. The van der Waals surface area contributed by atoms with Gasteiger partial charge < -0.3 is 9.84 Å². The Kier molecular flexibility index (Phi) is 3.23. The van der Waals surface area contributed by atoms with Crippen LogP contribution in [0.15, 0.2) is 24.3 Å². The zero-order valence-corrected chi connectivity index (χ0v) is 7.69. The lowest BCUT2D eigenvalue weighted by Gasteiger charge is -2.00. The van der Waals surface area contributed by atoms with E-state index in [4.69, 9.17) is 5.11 Å². The second kappa shape index (κ2) is 4.41. The summed E-state index contributed by atoms with van der Waals surface area (Å²) in [5, 5.41) is 8.68. The summed E-state index contributed by atoms with van der Waals surface area (Å²) in [6, 6.07) is 6.22. The van der Waals surface area contributed by atoms with Crippen molar-refractivity contribution in [2.45, 2.75) is 6.42 Å². The van der Waals surface area contributed by atoms with Gasteiger partial charge in [0.2, 0.25) is 0 Å². The molecular formula is C10H10O4. The van der Waals surface area contributed by atoms with E-state index >= 15 is 0 Å². The van der Waals surface area contributed by atoms with Gasteiger partial charge in [-0.05, 0) is 17.7 Å². The Morgan fingerprint density at radius 2 is 2.14 bits per heavy atom. The fourth-order valence-electron chi connectivity index (χ4n) is 1.05. The molecule has 0 radical (unpaired) electrons. The Morgan fingerprint density at radius 3 is 2.71 bits per heavy atom. The molecule has 0 bridgehead atoms. The van der Waals surface area contributed by atoms with E-state index in [0.29, 0.717) is 5.56 Å². The van der Waals surface area contributed by atoms with Crippen molar-refractivity contribution in [3.8, 4) is 0 Å². The van der Waals surface area contributed by atoms with Crippen molar-refractivity contribution in [1.82, 2.24) is 0 Å². The average Bonchev–Trinajstić information content (AvgIpc) is 2.18. The highest BCUT2D eigenvalue weighted by Gasteiger charge is 2.06. The molecule has 1 aromatic carbocycles. The number of carbonyl (C=O) groups excluding carboxylic acids is 1. The van der Waals surface area contributed by atoms with Crippen molar-refractivity contribution in [3.63, 3.8) is 0 Å². The summed E-state index contributed by atoms with van der Waals surface area (Å²) < 4.78 is 4.47. The van der Waals surface area contributed by atoms with Gasteiger partial charge in [0.25, 0.3) is 0 Å². The van der Waals surface area contributed by atoms with Gasteiger partial charge in [0.05, 0.1) is 19.1 Å². The Labute approximate surface area is 81.1 Å². The van der Waals surface area contributed by atoms with Crippen molar-refractivity contribution >= 4 is 11.9 Å². The third-order valence-electron chi connectivity index (χ3n) is 1.75. The predicted molar refractivity (Wildman–Crippen MR) is 49.1 cm³/mol. The molecule has 0 atom stereocenters. The number of carbonyl (C=O) groups is 2. The van der Waals surface area contributed by atoms with Gasteiger partial charge in [0.1, 0.15) is 0 Å². The highest BCUT2D eigenvalue weighted by Crippen LogP contribution is 2.06. The Bertz CT molecular complexity index is 357. The number of aromatic carboxylic acids is 1. The standard InChI is InChI=1S/C10H10O4/c1-14-9(11)6-7-3-2-4-8(5-7)10(12)13/h2-5H,6H2,1H3,(H,12,13). The summed E-state index contributed by atoms with van der Waals surface area (Å²) >= 11 is 0. The zero-order valence-electron chi connectivity index (χ0n) is 7.69. The topological polar surface area (TPSA) is 63.6 Å². The highest BCUT2D eigenvalue weighted by molar-refractivity contribution is 5.88. The summed E-state index contributed by atoms with van der Waals surface area (Å²) in [5.74, 6) is -1.38. The molecule has 0 aliphatic rings. The first-order valence-corrected chi connectivity index (χ1v) is 4.02. The molecule has 0 spiro atoms. The molecule has 0 amide bonds. The van der Waals surface area contributed by atoms with E-state index in [1.54, 1.807) is 12.1 Å². The van der Waals surface area contributed by atoms with Crippen molar-refractivity contribution < 1.29 is 19.4 Å². The number of hydrogen-bond acceptors (Lipinski definition) is 3. The molecule has 0 aliphatic heterocycles. The summed E-state index contributed by atoms with van der Waals surface area (Å²) in [6.07, 6.45) is 0.0949. The van der Waals surface area contributed by atoms with Crippen LogP contribution in [0.4, 0.5) is 0 Å². The number of ether oxygens (including phenoxy) is 1. The first kappa shape index (κ1) is 10.2. The van der Waals surface area contributed by atoms with Crippen LogP contribution in [0.2, 0.25) is 0 Å². The average molecular weight is 194 g/mol. The Hall–Kier alpha value is -1.84. The van der Waals surface area contributed by atoms with Gasteiger partial charge in [0, 0.05) is 0 Å². The smallest absolute Gasteiger partial charge is 0.335 e. The van der Waals surface area contributed by atoms with Crippen molar-refractivity contribution in [2.24, 2.45) is 0 Å². The SMILES string of the molecule is COC(=O)Cc1cccc(C(=O)O)c1. The van der Waals surface area contributed by atoms with Crippen LogP contribution in [0.5, 0.6) is 0 Å². The van der Waals surface area contributed by atoms with Crippen LogP contribution in [0.25, 0.3) is 0 Å². The van der Waals surface area contributed by atoms with Crippen molar-refractivity contribution in [2.75, 3.05) is 7.11 Å². The number of rotatable bonds is 3. The lowest BCUT2D eigenvalue weighted by Crippen LogP contribution is -2.05. The molecule has 0 aliphatic carbocycles. The van der Waals surface area contributed by atoms with Crippen molar-refractivity contribution in [1.29, 1.82) is 0 Å². The Morgan fingerprint density at radius 1 is 1.43 bits per heavy atom. The predicted octanol–water partition coefficient (Wildman–Crippen LogP) is 1.10. The second-order valence-electron chi connectivity index (χ2n) is 2.76. The van der Waals surface area contributed by atoms with Gasteiger partial charge in [-0.3, -0.25) is 4.79 Å². The van der Waals surface area contributed by atoms with Crippen LogP contribution in [0.3, 0.4) is 0 Å². The van der Waals surface area contributed by atoms with E-state index in [0.717, 1.165) is 0 Å². The molecule has 4 heteroatoms. The molecule has 1 aromatic rings. The summed E-state index contributed by atoms with van der Waals surface area (Å²) in [7, 11) is 1.30. The first-order chi connectivity index (χ1) is 6.63. The minimum atomic E-state index is -1.00. The fraction of sp³-hybridized carbons (Fsp3) is 0.200. The number of benzene rings is 1. The molecule has 0 heterocycles. The van der Waals surface area contributed by atoms with Crippen molar-refractivity contribution in [3.05, 3.63) is 35.4 Å².